The Morgan fingerprint density at radius 3 is 2.94 bits per heavy atom. The van der Waals surface area contributed by atoms with E-state index < -0.39 is 0 Å². The lowest BCUT2D eigenvalue weighted by Crippen LogP contribution is -2.43. The Hall–Kier alpha value is -1.60. The topological polar surface area (TPSA) is 93.4 Å². The van der Waals surface area contributed by atoms with Crippen LogP contribution >= 0.6 is 11.6 Å². The molecule has 0 aliphatic carbocycles. The number of nitrogen functional groups attached to an aromatic ring is 1. The van der Waals surface area contributed by atoms with Crippen molar-refractivity contribution in [2.24, 2.45) is 0 Å². The first-order valence-corrected chi connectivity index (χ1v) is 5.91. The molecule has 0 aromatic carbocycles. The predicted molar refractivity (Wildman–Crippen MR) is 67.3 cm³/mol. The number of aromatic nitrogens is 2. The molecule has 3 N–H and O–H groups in total. The van der Waals surface area contributed by atoms with E-state index in [9.17, 15) is 4.79 Å². The fourth-order valence-corrected chi connectivity index (χ4v) is 1.73. The van der Waals surface area contributed by atoms with Gasteiger partial charge in [-0.3, -0.25) is 4.79 Å². The molecule has 1 saturated heterocycles. The van der Waals surface area contributed by atoms with Crippen LogP contribution in [0.25, 0.3) is 0 Å². The number of nitrogens with one attached hydrogen (secondary N) is 1. The summed E-state index contributed by atoms with van der Waals surface area (Å²) in [5.41, 5.74) is 5.93. The molecule has 1 aromatic rings. The molecular formula is C10H14ClN5O2. The van der Waals surface area contributed by atoms with Crippen molar-refractivity contribution in [1.82, 2.24) is 14.9 Å². The molecular weight excluding hydrogens is 258 g/mol. The number of carbonyl (C=O) groups is 1. The molecule has 0 spiro atoms. The molecule has 1 amide bonds. The minimum atomic E-state index is -0.0209. The van der Waals surface area contributed by atoms with Crippen molar-refractivity contribution < 1.29 is 9.53 Å². The van der Waals surface area contributed by atoms with Gasteiger partial charge < -0.3 is 20.7 Å². The second-order valence-corrected chi connectivity index (χ2v) is 4.13. The highest BCUT2D eigenvalue weighted by atomic mass is 35.5. The lowest BCUT2D eigenvalue weighted by Gasteiger charge is -2.27. The molecule has 0 saturated carbocycles. The molecule has 1 aromatic heterocycles. The summed E-state index contributed by atoms with van der Waals surface area (Å²) in [4.78, 5) is 21.3. The monoisotopic (exact) mass is 271 g/mol. The maximum absolute atomic E-state index is 11.9. The van der Waals surface area contributed by atoms with Crippen LogP contribution in [0, 0.1) is 0 Å². The molecule has 7 nitrogen and oxygen atoms in total. The van der Waals surface area contributed by atoms with Gasteiger partial charge in [0.15, 0.2) is 11.0 Å². The summed E-state index contributed by atoms with van der Waals surface area (Å²) >= 11 is 5.75. The zero-order valence-electron chi connectivity index (χ0n) is 9.73. The fourth-order valence-electron chi connectivity index (χ4n) is 1.60. The largest absolute Gasteiger partial charge is 0.393 e. The van der Waals surface area contributed by atoms with Crippen LogP contribution < -0.4 is 11.1 Å². The molecule has 0 bridgehead atoms. The molecule has 2 rings (SSSR count). The van der Waals surface area contributed by atoms with Crippen LogP contribution in [0.3, 0.4) is 0 Å². The van der Waals surface area contributed by atoms with Crippen LogP contribution in [0.4, 0.5) is 11.5 Å². The first kappa shape index (κ1) is 12.8. The summed E-state index contributed by atoms with van der Waals surface area (Å²) in [6, 6.07) is 0. The maximum Gasteiger partial charge on any atom is 0.242 e. The van der Waals surface area contributed by atoms with Gasteiger partial charge in [0, 0.05) is 13.1 Å². The lowest BCUT2D eigenvalue weighted by molar-refractivity contribution is -0.133. The first-order chi connectivity index (χ1) is 8.68. The van der Waals surface area contributed by atoms with Crippen LogP contribution in [0.1, 0.15) is 0 Å². The minimum Gasteiger partial charge on any atom is -0.393 e. The van der Waals surface area contributed by atoms with E-state index in [2.05, 4.69) is 15.3 Å². The molecule has 1 aliphatic rings. The van der Waals surface area contributed by atoms with Gasteiger partial charge in [0.05, 0.1) is 19.8 Å². The Morgan fingerprint density at radius 1 is 1.50 bits per heavy atom. The van der Waals surface area contributed by atoms with Crippen molar-refractivity contribution >= 4 is 29.0 Å². The highest BCUT2D eigenvalue weighted by molar-refractivity contribution is 6.32. The van der Waals surface area contributed by atoms with E-state index in [1.165, 1.54) is 6.33 Å². The van der Waals surface area contributed by atoms with Gasteiger partial charge in [-0.15, -0.1) is 0 Å². The van der Waals surface area contributed by atoms with Crippen LogP contribution in [-0.4, -0.2) is 53.6 Å². The summed E-state index contributed by atoms with van der Waals surface area (Å²) in [7, 11) is 0. The minimum absolute atomic E-state index is 0.0209. The number of ether oxygens (including phenoxy) is 1. The summed E-state index contributed by atoms with van der Waals surface area (Å²) in [6.07, 6.45) is 1.29. The van der Waals surface area contributed by atoms with Crippen LogP contribution in [0.15, 0.2) is 6.33 Å². The second kappa shape index (κ2) is 5.83. The summed E-state index contributed by atoms with van der Waals surface area (Å²) in [5.74, 6) is 0.351. The Morgan fingerprint density at radius 2 is 2.22 bits per heavy atom. The number of rotatable bonds is 3. The van der Waals surface area contributed by atoms with E-state index in [-0.39, 0.29) is 23.3 Å². The Balaban J connectivity index is 1.90. The van der Waals surface area contributed by atoms with Crippen molar-refractivity contribution in [1.29, 1.82) is 0 Å². The number of nitrogens with two attached hydrogens (primary N) is 1. The number of carbonyl (C=O) groups excluding carboxylic acids is 1. The molecule has 0 atom stereocenters. The number of nitrogens with zero attached hydrogens (tertiary/aromatic N) is 3. The average Bonchev–Trinajstić information content (AvgIpc) is 2.41. The van der Waals surface area contributed by atoms with Crippen LogP contribution in [0.5, 0.6) is 0 Å². The number of anilines is 2. The van der Waals surface area contributed by atoms with E-state index in [0.717, 1.165) is 0 Å². The van der Waals surface area contributed by atoms with E-state index in [1.807, 2.05) is 0 Å². The Kier molecular flexibility index (Phi) is 4.16. The van der Waals surface area contributed by atoms with Gasteiger partial charge in [-0.2, -0.15) is 0 Å². The molecule has 0 radical (unpaired) electrons. The van der Waals surface area contributed by atoms with E-state index >= 15 is 0 Å². The van der Waals surface area contributed by atoms with Gasteiger partial charge in [-0.1, -0.05) is 11.6 Å². The normalized spacial score (nSPS) is 15.5. The smallest absolute Gasteiger partial charge is 0.242 e. The van der Waals surface area contributed by atoms with Gasteiger partial charge in [0.1, 0.15) is 12.0 Å². The molecule has 2 heterocycles. The molecule has 8 heteroatoms. The molecule has 18 heavy (non-hydrogen) atoms. The number of amides is 1. The third-order valence-corrected chi connectivity index (χ3v) is 2.91. The van der Waals surface area contributed by atoms with Crippen molar-refractivity contribution in [3.63, 3.8) is 0 Å². The third-order valence-electron chi connectivity index (χ3n) is 2.61. The van der Waals surface area contributed by atoms with Crippen molar-refractivity contribution in [2.75, 3.05) is 43.9 Å². The molecule has 0 unspecified atom stereocenters. The summed E-state index contributed by atoms with van der Waals surface area (Å²) in [6.45, 7) is 2.50. The van der Waals surface area contributed by atoms with Gasteiger partial charge in [-0.25, -0.2) is 9.97 Å². The fraction of sp³-hybridized carbons (Fsp3) is 0.500. The van der Waals surface area contributed by atoms with Gasteiger partial charge in [-0.05, 0) is 0 Å². The maximum atomic E-state index is 11.9. The van der Waals surface area contributed by atoms with Crippen molar-refractivity contribution in [2.45, 2.75) is 0 Å². The number of hydrogen-bond acceptors (Lipinski definition) is 6. The molecule has 1 fully saturated rings. The molecule has 1 aliphatic heterocycles. The van der Waals surface area contributed by atoms with Crippen molar-refractivity contribution in [3.05, 3.63) is 11.5 Å². The summed E-state index contributed by atoms with van der Waals surface area (Å²) in [5, 5.41) is 3.03. The van der Waals surface area contributed by atoms with Gasteiger partial charge >= 0.3 is 0 Å². The SMILES string of the molecule is Nc1c(Cl)ncnc1NCC(=O)N1CCOCC1. The van der Waals surface area contributed by atoms with Crippen LogP contribution in [0.2, 0.25) is 5.15 Å². The second-order valence-electron chi connectivity index (χ2n) is 3.77. The number of hydrogen-bond donors (Lipinski definition) is 2. The van der Waals surface area contributed by atoms with E-state index in [0.29, 0.717) is 32.1 Å². The predicted octanol–water partition coefficient (Wildman–Crippen LogP) is -0.0171. The first-order valence-electron chi connectivity index (χ1n) is 5.54. The molecule has 98 valence electrons. The Bertz CT molecular complexity index is 436. The number of halogens is 1. The van der Waals surface area contributed by atoms with Gasteiger partial charge in [0.25, 0.3) is 0 Å². The average molecular weight is 272 g/mol. The summed E-state index contributed by atoms with van der Waals surface area (Å²) < 4.78 is 5.18. The third kappa shape index (κ3) is 2.99. The highest BCUT2D eigenvalue weighted by Crippen LogP contribution is 2.21. The Labute approximate surface area is 109 Å². The lowest BCUT2D eigenvalue weighted by atomic mass is 10.4. The van der Waals surface area contributed by atoms with Gasteiger partial charge in [0.2, 0.25) is 5.91 Å². The van der Waals surface area contributed by atoms with Crippen LogP contribution in [-0.2, 0) is 9.53 Å². The van der Waals surface area contributed by atoms with Crippen molar-refractivity contribution in [3.8, 4) is 0 Å². The zero-order valence-corrected chi connectivity index (χ0v) is 10.5. The highest BCUT2D eigenvalue weighted by Gasteiger charge is 2.17. The zero-order chi connectivity index (χ0) is 13.0. The van der Waals surface area contributed by atoms with E-state index in [1.54, 1.807) is 4.90 Å². The number of morpholine rings is 1. The standard InChI is InChI=1S/C10H14ClN5O2/c11-9-8(12)10(15-6-14-9)13-5-7(17)16-1-3-18-4-2-16/h6H,1-5,12H2,(H,13,14,15). The van der Waals surface area contributed by atoms with E-state index in [4.69, 9.17) is 22.1 Å². The quantitative estimate of drug-likeness (QED) is 0.751.